The van der Waals surface area contributed by atoms with Crippen molar-refractivity contribution in [3.8, 4) is 5.75 Å². The normalized spacial score (nSPS) is 18.9. The third-order valence-electron chi connectivity index (χ3n) is 5.94. The zero-order chi connectivity index (χ0) is 24.5. The van der Waals surface area contributed by atoms with Gasteiger partial charge in [-0.05, 0) is 64.2 Å². The van der Waals surface area contributed by atoms with E-state index in [1.165, 1.54) is 0 Å². The van der Waals surface area contributed by atoms with Crippen molar-refractivity contribution in [2.45, 2.75) is 49.6 Å². The third kappa shape index (κ3) is 5.40. The SMILES string of the molecule is CCOc1ccc2nc(NS(=O)(=O)c3cc(Cl)c(N[C@H]4CCCC[C@@H]4N(C)C)cc3F)sc2c1. The topological polar surface area (TPSA) is 83.6 Å². The molecule has 0 bridgehead atoms. The highest BCUT2D eigenvalue weighted by Gasteiger charge is 2.28. The molecule has 0 aliphatic heterocycles. The Balaban J connectivity index is 1.56. The van der Waals surface area contributed by atoms with Gasteiger partial charge in [-0.1, -0.05) is 35.8 Å². The molecule has 184 valence electrons. The van der Waals surface area contributed by atoms with Gasteiger partial charge in [0, 0.05) is 12.1 Å². The minimum absolute atomic E-state index is 0.102. The number of anilines is 2. The van der Waals surface area contributed by atoms with E-state index in [1.54, 1.807) is 18.2 Å². The van der Waals surface area contributed by atoms with Gasteiger partial charge in [-0.25, -0.2) is 17.8 Å². The lowest BCUT2D eigenvalue weighted by molar-refractivity contribution is 0.211. The van der Waals surface area contributed by atoms with Gasteiger partial charge < -0.3 is 15.0 Å². The summed E-state index contributed by atoms with van der Waals surface area (Å²) in [5.74, 6) is -0.209. The molecule has 0 amide bonds. The van der Waals surface area contributed by atoms with Crippen LogP contribution in [-0.4, -0.2) is 51.1 Å². The second-order valence-electron chi connectivity index (χ2n) is 8.52. The molecule has 2 N–H and O–H groups in total. The van der Waals surface area contributed by atoms with E-state index in [-0.39, 0.29) is 16.2 Å². The highest BCUT2D eigenvalue weighted by molar-refractivity contribution is 7.93. The van der Waals surface area contributed by atoms with Crippen LogP contribution in [0, 0.1) is 5.82 Å². The molecule has 1 aromatic heterocycles. The van der Waals surface area contributed by atoms with Crippen molar-refractivity contribution < 1.29 is 17.5 Å². The Labute approximate surface area is 208 Å². The van der Waals surface area contributed by atoms with Crippen LogP contribution >= 0.6 is 22.9 Å². The van der Waals surface area contributed by atoms with Crippen LogP contribution in [0.25, 0.3) is 10.2 Å². The number of likely N-dealkylation sites (N-methyl/N-ethyl adjacent to an activating group) is 1. The molecule has 1 heterocycles. The van der Waals surface area contributed by atoms with Crippen LogP contribution in [0.5, 0.6) is 5.75 Å². The Morgan fingerprint density at radius 3 is 2.74 bits per heavy atom. The first-order valence-corrected chi connectivity index (χ1v) is 13.8. The highest BCUT2D eigenvalue weighted by Crippen LogP contribution is 2.34. The van der Waals surface area contributed by atoms with Gasteiger partial charge >= 0.3 is 0 Å². The zero-order valence-corrected chi connectivity index (χ0v) is 21.7. The second-order valence-corrected chi connectivity index (χ2v) is 11.6. The number of nitrogens with zero attached hydrogens (tertiary/aromatic N) is 2. The van der Waals surface area contributed by atoms with Gasteiger partial charge in [-0.2, -0.15) is 0 Å². The fraction of sp³-hybridized carbons (Fsp3) is 0.435. The molecular weight excluding hydrogens is 499 g/mol. The summed E-state index contributed by atoms with van der Waals surface area (Å²) in [4.78, 5) is 5.93. The number of thiazole rings is 1. The van der Waals surface area contributed by atoms with Gasteiger partial charge in [0.25, 0.3) is 10.0 Å². The quantitative estimate of drug-likeness (QED) is 0.399. The first kappa shape index (κ1) is 25.0. The van der Waals surface area contributed by atoms with Crippen LogP contribution in [0.3, 0.4) is 0 Å². The third-order valence-corrected chi connectivity index (χ3v) is 8.67. The predicted molar refractivity (Wildman–Crippen MR) is 136 cm³/mol. The van der Waals surface area contributed by atoms with Crippen molar-refractivity contribution in [2.75, 3.05) is 30.7 Å². The molecule has 0 unspecified atom stereocenters. The first-order valence-electron chi connectivity index (χ1n) is 11.2. The summed E-state index contributed by atoms with van der Waals surface area (Å²) in [6, 6.07) is 8.01. The Morgan fingerprint density at radius 1 is 1.24 bits per heavy atom. The summed E-state index contributed by atoms with van der Waals surface area (Å²) in [5, 5.41) is 3.62. The van der Waals surface area contributed by atoms with E-state index in [0.717, 1.165) is 53.9 Å². The summed E-state index contributed by atoms with van der Waals surface area (Å²) in [6.45, 7) is 2.40. The molecule has 0 spiro atoms. The number of rotatable bonds is 8. The number of sulfonamides is 1. The maximum Gasteiger partial charge on any atom is 0.266 e. The molecule has 3 aromatic rings. The van der Waals surface area contributed by atoms with Gasteiger partial charge in [0.1, 0.15) is 16.5 Å². The van der Waals surface area contributed by atoms with Gasteiger partial charge in [-0.3, -0.25) is 4.72 Å². The minimum Gasteiger partial charge on any atom is -0.494 e. The van der Waals surface area contributed by atoms with Crippen molar-refractivity contribution in [1.82, 2.24) is 9.88 Å². The number of ether oxygens (including phenoxy) is 1. The number of hydrogen-bond donors (Lipinski definition) is 2. The van der Waals surface area contributed by atoms with Gasteiger partial charge in [-0.15, -0.1) is 0 Å². The van der Waals surface area contributed by atoms with E-state index in [0.29, 0.717) is 29.6 Å². The lowest BCUT2D eigenvalue weighted by Gasteiger charge is -2.37. The van der Waals surface area contributed by atoms with Crippen molar-refractivity contribution in [2.24, 2.45) is 0 Å². The minimum atomic E-state index is -4.24. The van der Waals surface area contributed by atoms with E-state index in [2.05, 4.69) is 19.9 Å². The van der Waals surface area contributed by atoms with E-state index in [1.807, 2.05) is 21.0 Å². The van der Waals surface area contributed by atoms with Crippen LogP contribution < -0.4 is 14.8 Å². The molecule has 1 aliphatic carbocycles. The van der Waals surface area contributed by atoms with Gasteiger partial charge in [0.15, 0.2) is 5.13 Å². The zero-order valence-electron chi connectivity index (χ0n) is 19.3. The summed E-state index contributed by atoms with van der Waals surface area (Å²) >= 11 is 7.55. The maximum absolute atomic E-state index is 15.0. The molecule has 0 saturated heterocycles. The summed E-state index contributed by atoms with van der Waals surface area (Å²) < 4.78 is 49.6. The Bertz CT molecular complexity index is 1280. The Hall–Kier alpha value is -2.14. The standard InChI is InChI=1S/C23H28ClFN4O3S2/c1-4-32-14-9-10-18-21(11-14)33-23(27-18)28-34(30,31)22-12-15(24)19(13-16(22)25)26-17-7-5-6-8-20(17)29(2)3/h9-13,17,20,26H,4-8H2,1-3H3,(H,27,28)/t17-,20-/m0/s1. The molecular formula is C23H28ClFN4O3S2. The smallest absolute Gasteiger partial charge is 0.266 e. The Morgan fingerprint density at radius 2 is 2.00 bits per heavy atom. The number of hydrogen-bond acceptors (Lipinski definition) is 7. The summed E-state index contributed by atoms with van der Waals surface area (Å²) in [6.07, 6.45) is 4.19. The van der Waals surface area contributed by atoms with Crippen LogP contribution in [0.2, 0.25) is 5.02 Å². The molecule has 34 heavy (non-hydrogen) atoms. The van der Waals surface area contributed by atoms with E-state index in [4.69, 9.17) is 16.3 Å². The fourth-order valence-electron chi connectivity index (χ4n) is 4.32. The molecule has 7 nitrogen and oxygen atoms in total. The molecule has 1 aliphatic rings. The average molecular weight is 527 g/mol. The van der Waals surface area contributed by atoms with Crippen molar-refractivity contribution in [1.29, 1.82) is 0 Å². The number of benzene rings is 2. The van der Waals surface area contributed by atoms with Crippen LogP contribution in [0.15, 0.2) is 35.2 Å². The average Bonchev–Trinajstić information content (AvgIpc) is 3.17. The number of fused-ring (bicyclic) bond motifs is 1. The number of aromatic nitrogens is 1. The molecule has 1 fully saturated rings. The molecule has 4 rings (SSSR count). The van der Waals surface area contributed by atoms with E-state index in [9.17, 15) is 8.42 Å². The molecule has 2 atom stereocenters. The van der Waals surface area contributed by atoms with Crippen molar-refractivity contribution >= 4 is 54.0 Å². The highest BCUT2D eigenvalue weighted by atomic mass is 35.5. The molecule has 0 radical (unpaired) electrons. The molecule has 2 aromatic carbocycles. The summed E-state index contributed by atoms with van der Waals surface area (Å²) in [7, 11) is -0.194. The lowest BCUT2D eigenvalue weighted by Crippen LogP contribution is -2.45. The predicted octanol–water partition coefficient (Wildman–Crippen LogP) is 5.57. The summed E-state index contributed by atoms with van der Waals surface area (Å²) in [5.41, 5.74) is 1.01. The number of halogens is 2. The lowest BCUT2D eigenvalue weighted by atomic mass is 9.89. The molecule has 1 saturated carbocycles. The second kappa shape index (κ2) is 10.2. The van der Waals surface area contributed by atoms with Crippen LogP contribution in [-0.2, 0) is 10.0 Å². The maximum atomic E-state index is 15.0. The monoisotopic (exact) mass is 526 g/mol. The van der Waals surface area contributed by atoms with E-state index < -0.39 is 20.7 Å². The van der Waals surface area contributed by atoms with Crippen LogP contribution in [0.1, 0.15) is 32.6 Å². The van der Waals surface area contributed by atoms with Crippen molar-refractivity contribution in [3.63, 3.8) is 0 Å². The van der Waals surface area contributed by atoms with Crippen molar-refractivity contribution in [3.05, 3.63) is 41.2 Å². The van der Waals surface area contributed by atoms with Gasteiger partial charge in [0.2, 0.25) is 0 Å². The number of nitrogens with one attached hydrogen (secondary N) is 2. The molecule has 11 heteroatoms. The van der Waals surface area contributed by atoms with E-state index >= 15 is 4.39 Å². The fourth-order valence-corrected chi connectivity index (χ4v) is 6.82. The Kier molecular flexibility index (Phi) is 7.51. The van der Waals surface area contributed by atoms with Gasteiger partial charge in [0.05, 0.1) is 27.5 Å². The largest absolute Gasteiger partial charge is 0.494 e. The van der Waals surface area contributed by atoms with Crippen LogP contribution in [0.4, 0.5) is 15.2 Å². The first-order chi connectivity index (χ1) is 16.2.